The van der Waals surface area contributed by atoms with Crippen LogP contribution in [0.4, 0.5) is 0 Å². The standard InChI is InChI=1S/C26H29N3O6/c1-16(29-25(32)19-6-4-5-7-20(19)26(29)33)23(30)27-15-17-10-12-28(13-11-17)24(31)18-8-9-21(34-2)22(14-18)35-3/h4-9,14,16-17H,10-13,15H2,1-3H3,(H,27,30). The number of hydrogen-bond acceptors (Lipinski definition) is 6. The van der Waals surface area contributed by atoms with Crippen LogP contribution in [0.15, 0.2) is 42.5 Å². The Morgan fingerprint density at radius 3 is 2.14 bits per heavy atom. The maximum atomic E-state index is 12.9. The minimum Gasteiger partial charge on any atom is -0.493 e. The predicted octanol–water partition coefficient (Wildman–Crippen LogP) is 2.36. The van der Waals surface area contributed by atoms with Gasteiger partial charge in [-0.05, 0) is 56.0 Å². The van der Waals surface area contributed by atoms with E-state index < -0.39 is 17.9 Å². The van der Waals surface area contributed by atoms with Crippen molar-refractivity contribution in [1.29, 1.82) is 0 Å². The van der Waals surface area contributed by atoms with Gasteiger partial charge in [0.25, 0.3) is 17.7 Å². The highest BCUT2D eigenvalue weighted by molar-refractivity contribution is 6.22. The fourth-order valence-corrected chi connectivity index (χ4v) is 4.56. The number of likely N-dealkylation sites (tertiary alicyclic amines) is 1. The number of fused-ring (bicyclic) bond motifs is 1. The minimum atomic E-state index is -0.908. The van der Waals surface area contributed by atoms with Crippen LogP contribution in [0.3, 0.4) is 0 Å². The first-order chi connectivity index (χ1) is 16.8. The van der Waals surface area contributed by atoms with Crippen molar-refractivity contribution >= 4 is 23.6 Å². The zero-order valence-corrected chi connectivity index (χ0v) is 20.1. The number of nitrogens with one attached hydrogen (secondary N) is 1. The molecule has 0 bridgehead atoms. The van der Waals surface area contributed by atoms with Gasteiger partial charge in [-0.3, -0.25) is 24.1 Å². The zero-order chi connectivity index (χ0) is 25.1. The van der Waals surface area contributed by atoms with Gasteiger partial charge in [0.05, 0.1) is 25.3 Å². The molecule has 1 fully saturated rings. The fraction of sp³-hybridized carbons (Fsp3) is 0.385. The van der Waals surface area contributed by atoms with Gasteiger partial charge in [-0.1, -0.05) is 12.1 Å². The van der Waals surface area contributed by atoms with E-state index in [1.165, 1.54) is 7.11 Å². The van der Waals surface area contributed by atoms with Crippen molar-refractivity contribution < 1.29 is 28.7 Å². The molecule has 184 valence electrons. The largest absolute Gasteiger partial charge is 0.493 e. The summed E-state index contributed by atoms with van der Waals surface area (Å²) >= 11 is 0. The molecule has 0 spiro atoms. The number of imide groups is 1. The molecule has 9 heteroatoms. The Hall–Kier alpha value is -3.88. The van der Waals surface area contributed by atoms with Crippen molar-refractivity contribution in [2.75, 3.05) is 33.9 Å². The van der Waals surface area contributed by atoms with Crippen LogP contribution in [0.1, 0.15) is 50.8 Å². The summed E-state index contributed by atoms with van der Waals surface area (Å²) in [4.78, 5) is 53.7. The number of nitrogens with zero attached hydrogens (tertiary/aromatic N) is 2. The highest BCUT2D eigenvalue weighted by Gasteiger charge is 2.40. The van der Waals surface area contributed by atoms with E-state index in [4.69, 9.17) is 9.47 Å². The van der Waals surface area contributed by atoms with E-state index in [0.717, 1.165) is 17.7 Å². The number of benzene rings is 2. The van der Waals surface area contributed by atoms with Crippen LogP contribution in [-0.2, 0) is 4.79 Å². The summed E-state index contributed by atoms with van der Waals surface area (Å²) in [5, 5.41) is 2.88. The van der Waals surface area contributed by atoms with Gasteiger partial charge in [-0.15, -0.1) is 0 Å². The van der Waals surface area contributed by atoms with E-state index in [-0.39, 0.29) is 17.7 Å². The van der Waals surface area contributed by atoms with E-state index >= 15 is 0 Å². The van der Waals surface area contributed by atoms with E-state index in [2.05, 4.69) is 5.32 Å². The third kappa shape index (κ3) is 4.71. The zero-order valence-electron chi connectivity index (χ0n) is 20.1. The number of hydrogen-bond donors (Lipinski definition) is 1. The van der Waals surface area contributed by atoms with Gasteiger partial charge in [0, 0.05) is 25.2 Å². The molecule has 9 nitrogen and oxygen atoms in total. The van der Waals surface area contributed by atoms with Crippen LogP contribution in [0, 0.1) is 5.92 Å². The van der Waals surface area contributed by atoms with E-state index in [9.17, 15) is 19.2 Å². The Labute approximate surface area is 204 Å². The molecule has 1 N–H and O–H groups in total. The van der Waals surface area contributed by atoms with Crippen LogP contribution in [-0.4, -0.2) is 73.3 Å². The van der Waals surface area contributed by atoms with Crippen molar-refractivity contribution in [3.8, 4) is 11.5 Å². The summed E-state index contributed by atoms with van der Waals surface area (Å²) in [5.41, 5.74) is 1.18. The Kier molecular flexibility index (Phi) is 7.04. The molecular weight excluding hydrogens is 450 g/mol. The molecule has 1 unspecified atom stereocenters. The average Bonchev–Trinajstić information content (AvgIpc) is 3.15. The normalized spacial score (nSPS) is 16.7. The fourth-order valence-electron chi connectivity index (χ4n) is 4.56. The monoisotopic (exact) mass is 479 g/mol. The number of carbonyl (C=O) groups is 4. The van der Waals surface area contributed by atoms with Gasteiger partial charge < -0.3 is 19.7 Å². The maximum absolute atomic E-state index is 12.9. The van der Waals surface area contributed by atoms with Crippen molar-refractivity contribution in [3.05, 3.63) is 59.2 Å². The van der Waals surface area contributed by atoms with Gasteiger partial charge in [0.2, 0.25) is 5.91 Å². The number of amides is 4. The molecule has 4 rings (SSSR count). The van der Waals surface area contributed by atoms with E-state index in [1.54, 1.807) is 61.4 Å². The molecule has 2 aromatic rings. The number of carbonyl (C=O) groups excluding carboxylic acids is 4. The lowest BCUT2D eigenvalue weighted by molar-refractivity contribution is -0.124. The van der Waals surface area contributed by atoms with Crippen molar-refractivity contribution in [3.63, 3.8) is 0 Å². The summed E-state index contributed by atoms with van der Waals surface area (Å²) in [6.45, 7) is 3.12. The summed E-state index contributed by atoms with van der Waals surface area (Å²) in [5.74, 6) is -0.0821. The lowest BCUT2D eigenvalue weighted by Gasteiger charge is -2.32. The van der Waals surface area contributed by atoms with E-state index in [1.807, 2.05) is 0 Å². The first-order valence-electron chi connectivity index (χ1n) is 11.6. The van der Waals surface area contributed by atoms with Crippen LogP contribution in [0.25, 0.3) is 0 Å². The number of ether oxygens (including phenoxy) is 2. The third-order valence-corrected chi connectivity index (χ3v) is 6.69. The molecule has 1 saturated heterocycles. The maximum Gasteiger partial charge on any atom is 0.262 e. The Morgan fingerprint density at radius 2 is 1.57 bits per heavy atom. The molecule has 4 amide bonds. The summed E-state index contributed by atoms with van der Waals surface area (Å²) in [6.07, 6.45) is 1.47. The van der Waals surface area contributed by atoms with E-state index in [0.29, 0.717) is 47.8 Å². The number of methoxy groups -OCH3 is 2. The molecule has 1 atom stereocenters. The summed E-state index contributed by atoms with van der Waals surface area (Å²) in [6, 6.07) is 10.8. The number of piperidine rings is 1. The highest BCUT2D eigenvalue weighted by Crippen LogP contribution is 2.29. The number of rotatable bonds is 7. The Bertz CT molecular complexity index is 1120. The van der Waals surface area contributed by atoms with Gasteiger partial charge >= 0.3 is 0 Å². The van der Waals surface area contributed by atoms with Crippen molar-refractivity contribution in [1.82, 2.24) is 15.1 Å². The quantitative estimate of drug-likeness (QED) is 0.612. The van der Waals surface area contributed by atoms with Gasteiger partial charge in [0.1, 0.15) is 6.04 Å². The highest BCUT2D eigenvalue weighted by atomic mass is 16.5. The summed E-state index contributed by atoms with van der Waals surface area (Å²) in [7, 11) is 3.07. The SMILES string of the molecule is COc1ccc(C(=O)N2CCC(CNC(=O)C(C)N3C(=O)c4ccccc4C3=O)CC2)cc1OC. The third-order valence-electron chi connectivity index (χ3n) is 6.69. The molecule has 0 radical (unpaired) electrons. The molecule has 2 aliphatic heterocycles. The van der Waals surface area contributed by atoms with Gasteiger partial charge in [0.15, 0.2) is 11.5 Å². The van der Waals surface area contributed by atoms with Crippen LogP contribution >= 0.6 is 0 Å². The van der Waals surface area contributed by atoms with Gasteiger partial charge in [-0.2, -0.15) is 0 Å². The summed E-state index contributed by atoms with van der Waals surface area (Å²) < 4.78 is 10.5. The molecule has 0 saturated carbocycles. The molecule has 0 aliphatic carbocycles. The average molecular weight is 480 g/mol. The van der Waals surface area contributed by atoms with Crippen molar-refractivity contribution in [2.45, 2.75) is 25.8 Å². The Morgan fingerprint density at radius 1 is 0.971 bits per heavy atom. The predicted molar refractivity (Wildman–Crippen MR) is 128 cm³/mol. The molecule has 35 heavy (non-hydrogen) atoms. The topological polar surface area (TPSA) is 105 Å². The van der Waals surface area contributed by atoms with Crippen LogP contribution in [0.5, 0.6) is 11.5 Å². The molecular formula is C26H29N3O6. The first-order valence-corrected chi connectivity index (χ1v) is 11.6. The van der Waals surface area contributed by atoms with Crippen LogP contribution < -0.4 is 14.8 Å². The Balaban J connectivity index is 1.28. The lowest BCUT2D eigenvalue weighted by Crippen LogP contribution is -2.49. The second-order valence-corrected chi connectivity index (χ2v) is 8.75. The van der Waals surface area contributed by atoms with Crippen LogP contribution in [0.2, 0.25) is 0 Å². The molecule has 2 aromatic carbocycles. The van der Waals surface area contributed by atoms with Gasteiger partial charge in [-0.25, -0.2) is 0 Å². The minimum absolute atomic E-state index is 0.0762. The second kappa shape index (κ2) is 10.2. The van der Waals surface area contributed by atoms with Crippen molar-refractivity contribution in [2.24, 2.45) is 5.92 Å². The first kappa shape index (κ1) is 24.3. The molecule has 2 aliphatic rings. The lowest BCUT2D eigenvalue weighted by atomic mass is 9.96. The smallest absolute Gasteiger partial charge is 0.262 e. The molecule has 0 aromatic heterocycles. The second-order valence-electron chi connectivity index (χ2n) is 8.75. The molecule has 2 heterocycles.